The van der Waals surface area contributed by atoms with Gasteiger partial charge in [-0.1, -0.05) is 64.6 Å². The molecule has 0 aromatic heterocycles. The summed E-state index contributed by atoms with van der Waals surface area (Å²) in [6, 6.07) is 11.4. The molecule has 1 unspecified atom stereocenters. The van der Waals surface area contributed by atoms with Crippen LogP contribution in [0, 0.1) is 0 Å². The highest BCUT2D eigenvalue weighted by molar-refractivity contribution is 7.87. The molecule has 10 heteroatoms. The molecular formula is C19H12Cl4O5S. The molecule has 1 atom stereocenters. The first-order chi connectivity index (χ1) is 13.5. The van der Waals surface area contributed by atoms with E-state index in [-0.39, 0.29) is 36.8 Å². The van der Waals surface area contributed by atoms with Crippen molar-refractivity contribution in [3.63, 3.8) is 0 Å². The van der Waals surface area contributed by atoms with Crippen LogP contribution >= 0.6 is 46.4 Å². The molecule has 0 fully saturated rings. The molecule has 3 aromatic carbocycles. The molecule has 0 heterocycles. The second-order valence-corrected chi connectivity index (χ2v) is 9.31. The monoisotopic (exact) mass is 492 g/mol. The molecule has 0 aliphatic carbocycles. The van der Waals surface area contributed by atoms with Crippen molar-refractivity contribution in [2.24, 2.45) is 0 Å². The maximum absolute atomic E-state index is 13.0. The molecule has 0 spiro atoms. The molecule has 0 saturated heterocycles. The highest BCUT2D eigenvalue weighted by atomic mass is 35.5. The molecule has 0 aliphatic heterocycles. The van der Waals surface area contributed by atoms with E-state index < -0.39 is 26.4 Å². The van der Waals surface area contributed by atoms with Crippen molar-refractivity contribution >= 4 is 56.5 Å². The Morgan fingerprint density at radius 2 is 1.24 bits per heavy atom. The van der Waals surface area contributed by atoms with Crippen molar-refractivity contribution in [3.8, 4) is 11.5 Å². The van der Waals surface area contributed by atoms with Crippen LogP contribution in [0.5, 0.6) is 11.5 Å². The maximum Gasteiger partial charge on any atom is 0.283 e. The predicted molar refractivity (Wildman–Crippen MR) is 114 cm³/mol. The third kappa shape index (κ3) is 3.77. The second kappa shape index (κ2) is 7.87. The lowest BCUT2D eigenvalue weighted by Crippen LogP contribution is -2.39. The van der Waals surface area contributed by atoms with Crippen LogP contribution in [0.4, 0.5) is 0 Å². The number of rotatable bonds is 4. The molecule has 0 saturated carbocycles. The zero-order chi connectivity index (χ0) is 21.6. The Balaban J connectivity index is 2.63. The van der Waals surface area contributed by atoms with E-state index in [0.717, 1.165) is 18.2 Å². The quantitative estimate of drug-likeness (QED) is 0.239. The van der Waals surface area contributed by atoms with Crippen LogP contribution in [0.2, 0.25) is 20.1 Å². The first-order valence-electron chi connectivity index (χ1n) is 7.89. The molecule has 0 amide bonds. The minimum Gasteiger partial charge on any atom is -0.508 e. The summed E-state index contributed by atoms with van der Waals surface area (Å²) in [4.78, 5) is 0. The van der Waals surface area contributed by atoms with Gasteiger partial charge < -0.3 is 10.2 Å². The lowest BCUT2D eigenvalue weighted by Gasteiger charge is -2.34. The Morgan fingerprint density at radius 3 is 1.79 bits per heavy atom. The van der Waals surface area contributed by atoms with Gasteiger partial charge in [0.05, 0.1) is 10.0 Å². The average molecular weight is 494 g/mol. The van der Waals surface area contributed by atoms with Crippen LogP contribution in [-0.2, 0) is 14.9 Å². The summed E-state index contributed by atoms with van der Waals surface area (Å²) in [6.07, 6.45) is 0. The number of phenolic OH excluding ortho intramolecular Hbond substituents is 2. The normalized spacial score (nSPS) is 13.8. The zero-order valence-corrected chi connectivity index (χ0v) is 18.1. The fourth-order valence-corrected chi connectivity index (χ4v) is 5.62. The van der Waals surface area contributed by atoms with E-state index in [1.54, 1.807) is 6.07 Å². The predicted octanol–water partition coefficient (Wildman–Crippen LogP) is 5.89. The van der Waals surface area contributed by atoms with Crippen molar-refractivity contribution in [3.05, 3.63) is 91.4 Å². The molecule has 0 aliphatic rings. The highest BCUT2D eigenvalue weighted by Gasteiger charge is 2.51. The van der Waals surface area contributed by atoms with Crippen molar-refractivity contribution < 1.29 is 23.2 Å². The van der Waals surface area contributed by atoms with Crippen LogP contribution in [0.25, 0.3) is 0 Å². The van der Waals surface area contributed by atoms with Crippen LogP contribution in [0.1, 0.15) is 16.7 Å². The van der Waals surface area contributed by atoms with Gasteiger partial charge in [-0.05, 0) is 35.9 Å². The van der Waals surface area contributed by atoms with E-state index in [9.17, 15) is 23.2 Å². The Kier molecular flexibility index (Phi) is 5.98. The third-order valence-corrected chi connectivity index (χ3v) is 7.15. The summed E-state index contributed by atoms with van der Waals surface area (Å²) >= 11 is 24.8. The van der Waals surface area contributed by atoms with E-state index in [2.05, 4.69) is 0 Å². The fraction of sp³-hybridized carbons (Fsp3) is 0.0526. The van der Waals surface area contributed by atoms with Gasteiger partial charge >= 0.3 is 0 Å². The van der Waals surface area contributed by atoms with Crippen LogP contribution in [-0.4, -0.2) is 23.2 Å². The first kappa shape index (κ1) is 22.0. The summed E-state index contributed by atoms with van der Waals surface area (Å²) in [5, 5.41) is 19.9. The van der Waals surface area contributed by atoms with Crippen molar-refractivity contribution in [2.75, 3.05) is 0 Å². The van der Waals surface area contributed by atoms with Gasteiger partial charge in [0.15, 0.2) is 4.75 Å². The van der Waals surface area contributed by atoms with Crippen molar-refractivity contribution in [1.82, 2.24) is 0 Å². The van der Waals surface area contributed by atoms with Crippen LogP contribution in [0.3, 0.4) is 0 Å². The van der Waals surface area contributed by atoms with E-state index in [1.165, 1.54) is 30.3 Å². The fourth-order valence-electron chi connectivity index (χ4n) is 3.22. The SMILES string of the molecule is O=S(=O)(O)C(c1cc(O)cc(O)c1)(c1ccccc1Cl)c1cc(Cl)c(Cl)cc1Cl. The Morgan fingerprint density at radius 1 is 0.690 bits per heavy atom. The van der Waals surface area contributed by atoms with E-state index in [1.807, 2.05) is 0 Å². The third-order valence-electron chi connectivity index (χ3n) is 4.34. The zero-order valence-electron chi connectivity index (χ0n) is 14.3. The molecule has 3 rings (SSSR count). The molecule has 3 aromatic rings. The highest BCUT2D eigenvalue weighted by Crippen LogP contribution is 2.50. The number of hydrogen-bond donors (Lipinski definition) is 3. The summed E-state index contributed by atoms with van der Waals surface area (Å²) in [7, 11) is -5.09. The van der Waals surface area contributed by atoms with Gasteiger partial charge in [0.1, 0.15) is 11.5 Å². The molecule has 29 heavy (non-hydrogen) atoms. The van der Waals surface area contributed by atoms with E-state index >= 15 is 0 Å². The topological polar surface area (TPSA) is 94.8 Å². The number of aromatic hydroxyl groups is 2. The molecule has 5 nitrogen and oxygen atoms in total. The number of phenols is 2. The molecule has 3 N–H and O–H groups in total. The van der Waals surface area contributed by atoms with Gasteiger partial charge in [0.2, 0.25) is 0 Å². The lowest BCUT2D eigenvalue weighted by molar-refractivity contribution is 0.444. The Hall–Kier alpha value is -1.67. The standard InChI is InChI=1S/C19H12Cl4O5S/c20-15-4-2-1-3-13(15)19(29(26,27)28,10-5-11(24)7-12(25)6-10)14-8-17(22)18(23)9-16(14)21/h1-9,24-25H,(H,26,27,28). The van der Waals surface area contributed by atoms with E-state index in [0.29, 0.717) is 0 Å². The Bertz CT molecular complexity index is 1190. The van der Waals surface area contributed by atoms with Crippen molar-refractivity contribution in [2.45, 2.75) is 4.75 Å². The molecule has 152 valence electrons. The summed E-state index contributed by atoms with van der Waals surface area (Å²) in [6.45, 7) is 0. The minimum atomic E-state index is -5.09. The van der Waals surface area contributed by atoms with Crippen LogP contribution < -0.4 is 0 Å². The van der Waals surface area contributed by atoms with Gasteiger partial charge in [0.25, 0.3) is 10.1 Å². The number of halogens is 4. The molecular weight excluding hydrogens is 482 g/mol. The molecule has 0 bridgehead atoms. The van der Waals surface area contributed by atoms with Gasteiger partial charge in [-0.15, -0.1) is 0 Å². The number of hydrogen-bond acceptors (Lipinski definition) is 4. The summed E-state index contributed by atoms with van der Waals surface area (Å²) < 4.78 is 34.0. The minimum absolute atomic E-state index is 0.0184. The van der Waals surface area contributed by atoms with Gasteiger partial charge in [-0.25, -0.2) is 0 Å². The van der Waals surface area contributed by atoms with Gasteiger partial charge in [0, 0.05) is 27.2 Å². The summed E-state index contributed by atoms with van der Waals surface area (Å²) in [5.41, 5.74) is -0.463. The summed E-state index contributed by atoms with van der Waals surface area (Å²) in [5.74, 6) is -0.896. The average Bonchev–Trinajstić information content (AvgIpc) is 2.59. The van der Waals surface area contributed by atoms with Gasteiger partial charge in [-0.2, -0.15) is 8.42 Å². The van der Waals surface area contributed by atoms with E-state index in [4.69, 9.17) is 46.4 Å². The van der Waals surface area contributed by atoms with Gasteiger partial charge in [-0.3, -0.25) is 4.55 Å². The maximum atomic E-state index is 13.0. The molecule has 0 radical (unpaired) electrons. The smallest absolute Gasteiger partial charge is 0.283 e. The van der Waals surface area contributed by atoms with Crippen molar-refractivity contribution in [1.29, 1.82) is 0 Å². The largest absolute Gasteiger partial charge is 0.508 e. The van der Waals surface area contributed by atoms with Crippen LogP contribution in [0.15, 0.2) is 54.6 Å². The second-order valence-electron chi connectivity index (χ2n) is 6.12. The number of benzene rings is 3. The Labute approximate surface area is 186 Å². The first-order valence-corrected chi connectivity index (χ1v) is 10.8. The lowest BCUT2D eigenvalue weighted by atomic mass is 9.83.